The van der Waals surface area contributed by atoms with E-state index in [2.05, 4.69) is 0 Å². The minimum atomic E-state index is 0.520. The van der Waals surface area contributed by atoms with Gasteiger partial charge in [-0.1, -0.05) is 0 Å². The molecular weight excluding hydrogens is 152 g/mol. The number of hydrogen-bond acceptors (Lipinski definition) is 3. The second-order valence-electron chi connectivity index (χ2n) is 2.58. The van der Waals surface area contributed by atoms with Crippen LogP contribution in [0.2, 0.25) is 0 Å². The monoisotopic (exact) mass is 166 g/mol. The number of nitrogens with two attached hydrogens (primary N) is 1. The first kappa shape index (κ1) is 8.87. The van der Waals surface area contributed by atoms with Crippen LogP contribution in [-0.4, -0.2) is 20.8 Å². The molecule has 0 amide bonds. The van der Waals surface area contributed by atoms with E-state index >= 15 is 0 Å². The van der Waals surface area contributed by atoms with Crippen LogP contribution in [0.25, 0.3) is 0 Å². The zero-order valence-corrected chi connectivity index (χ0v) is 7.45. The van der Waals surface area contributed by atoms with E-state index in [-0.39, 0.29) is 0 Å². The van der Waals surface area contributed by atoms with Crippen molar-refractivity contribution in [1.29, 1.82) is 0 Å². The second-order valence-corrected chi connectivity index (χ2v) is 2.58. The normalized spacial score (nSPS) is 9.58. The van der Waals surface area contributed by atoms with Crippen LogP contribution < -0.4 is 15.4 Å². The molecule has 0 saturated heterocycles. The standard InChI is InChI=1S/C9H14N2O/c1-11(7-10)8-3-5-9(12-2)6-4-8/h3-6H,7,10H2,1-2H3. The highest BCUT2D eigenvalue weighted by Gasteiger charge is 1.96. The molecule has 0 aliphatic heterocycles. The lowest BCUT2D eigenvalue weighted by Gasteiger charge is -2.16. The van der Waals surface area contributed by atoms with Crippen LogP contribution in [0.4, 0.5) is 5.69 Å². The topological polar surface area (TPSA) is 38.5 Å². The second kappa shape index (κ2) is 3.97. The molecule has 3 heteroatoms. The van der Waals surface area contributed by atoms with Gasteiger partial charge in [0, 0.05) is 12.7 Å². The van der Waals surface area contributed by atoms with Crippen LogP contribution in [0, 0.1) is 0 Å². The molecule has 1 rings (SSSR count). The van der Waals surface area contributed by atoms with Crippen molar-refractivity contribution in [2.45, 2.75) is 0 Å². The van der Waals surface area contributed by atoms with Crippen molar-refractivity contribution < 1.29 is 4.74 Å². The zero-order chi connectivity index (χ0) is 8.97. The number of ether oxygens (including phenoxy) is 1. The summed E-state index contributed by atoms with van der Waals surface area (Å²) in [6.45, 7) is 0.520. The maximum atomic E-state index is 5.47. The number of nitrogens with zero attached hydrogens (tertiary/aromatic N) is 1. The van der Waals surface area contributed by atoms with Crippen LogP contribution in [0.5, 0.6) is 5.75 Å². The highest BCUT2D eigenvalue weighted by molar-refractivity contribution is 5.48. The maximum Gasteiger partial charge on any atom is 0.119 e. The number of hydrogen-bond donors (Lipinski definition) is 1. The third-order valence-corrected chi connectivity index (χ3v) is 1.79. The molecule has 12 heavy (non-hydrogen) atoms. The van der Waals surface area contributed by atoms with Crippen LogP contribution in [0.1, 0.15) is 0 Å². The number of methoxy groups -OCH3 is 1. The molecule has 0 fully saturated rings. The summed E-state index contributed by atoms with van der Waals surface area (Å²) in [5, 5.41) is 0. The van der Waals surface area contributed by atoms with Gasteiger partial charge in [-0.15, -0.1) is 0 Å². The summed E-state index contributed by atoms with van der Waals surface area (Å²) in [4.78, 5) is 1.96. The van der Waals surface area contributed by atoms with Crippen molar-refractivity contribution in [2.24, 2.45) is 5.73 Å². The lowest BCUT2D eigenvalue weighted by atomic mass is 10.3. The molecule has 0 unspecified atom stereocenters. The third-order valence-electron chi connectivity index (χ3n) is 1.79. The van der Waals surface area contributed by atoms with Gasteiger partial charge in [-0.05, 0) is 24.3 Å². The van der Waals surface area contributed by atoms with Crippen molar-refractivity contribution in [3.63, 3.8) is 0 Å². The van der Waals surface area contributed by atoms with Gasteiger partial charge in [-0.2, -0.15) is 0 Å². The lowest BCUT2D eigenvalue weighted by Crippen LogP contribution is -2.24. The highest BCUT2D eigenvalue weighted by atomic mass is 16.5. The zero-order valence-electron chi connectivity index (χ0n) is 7.45. The van der Waals surface area contributed by atoms with E-state index in [0.717, 1.165) is 11.4 Å². The van der Waals surface area contributed by atoms with E-state index in [1.54, 1.807) is 7.11 Å². The molecule has 1 aromatic carbocycles. The molecule has 0 radical (unpaired) electrons. The fraction of sp³-hybridized carbons (Fsp3) is 0.333. The Morgan fingerprint density at radius 1 is 1.33 bits per heavy atom. The van der Waals surface area contributed by atoms with Crippen molar-refractivity contribution in [3.8, 4) is 5.75 Å². The third kappa shape index (κ3) is 1.89. The quantitative estimate of drug-likeness (QED) is 0.682. The summed E-state index contributed by atoms with van der Waals surface area (Å²) in [5.74, 6) is 0.865. The molecule has 2 N–H and O–H groups in total. The molecule has 0 atom stereocenters. The molecule has 3 nitrogen and oxygen atoms in total. The lowest BCUT2D eigenvalue weighted by molar-refractivity contribution is 0.415. The summed E-state index contributed by atoms with van der Waals surface area (Å²) in [7, 11) is 3.60. The molecule has 0 aliphatic rings. The Balaban J connectivity index is 2.77. The van der Waals surface area contributed by atoms with E-state index in [9.17, 15) is 0 Å². The Kier molecular flexibility index (Phi) is 2.94. The Morgan fingerprint density at radius 3 is 2.33 bits per heavy atom. The smallest absolute Gasteiger partial charge is 0.119 e. The predicted molar refractivity (Wildman–Crippen MR) is 50.5 cm³/mol. The fourth-order valence-corrected chi connectivity index (χ4v) is 0.942. The largest absolute Gasteiger partial charge is 0.497 e. The van der Waals surface area contributed by atoms with Crippen molar-refractivity contribution in [1.82, 2.24) is 0 Å². The van der Waals surface area contributed by atoms with E-state index in [1.807, 2.05) is 36.2 Å². The van der Waals surface area contributed by atoms with Gasteiger partial charge in [0.1, 0.15) is 5.75 Å². The molecule has 1 aromatic rings. The molecule has 0 heterocycles. The van der Waals surface area contributed by atoms with E-state index in [1.165, 1.54) is 0 Å². The SMILES string of the molecule is COc1ccc(N(C)CN)cc1. The number of benzene rings is 1. The first-order valence-electron chi connectivity index (χ1n) is 3.83. The first-order valence-corrected chi connectivity index (χ1v) is 3.83. The summed E-state index contributed by atoms with van der Waals surface area (Å²) in [6.07, 6.45) is 0. The van der Waals surface area contributed by atoms with Gasteiger partial charge in [-0.3, -0.25) is 0 Å². The Morgan fingerprint density at radius 2 is 1.92 bits per heavy atom. The maximum absolute atomic E-state index is 5.47. The van der Waals surface area contributed by atoms with Gasteiger partial charge < -0.3 is 15.4 Å². The minimum absolute atomic E-state index is 0.520. The van der Waals surface area contributed by atoms with E-state index < -0.39 is 0 Å². The highest BCUT2D eigenvalue weighted by Crippen LogP contribution is 2.16. The van der Waals surface area contributed by atoms with E-state index in [4.69, 9.17) is 10.5 Å². The molecule has 0 aromatic heterocycles. The Bertz CT molecular complexity index is 233. The van der Waals surface area contributed by atoms with E-state index in [0.29, 0.717) is 6.67 Å². The number of anilines is 1. The first-order chi connectivity index (χ1) is 5.77. The van der Waals surface area contributed by atoms with Gasteiger partial charge in [0.15, 0.2) is 0 Å². The average Bonchev–Trinajstić information content (AvgIpc) is 2.17. The Labute approximate surface area is 72.7 Å². The molecule has 0 bridgehead atoms. The summed E-state index contributed by atoms with van der Waals surface area (Å²) < 4.78 is 5.03. The average molecular weight is 166 g/mol. The summed E-state index contributed by atoms with van der Waals surface area (Å²) >= 11 is 0. The summed E-state index contributed by atoms with van der Waals surface area (Å²) in [5.41, 5.74) is 6.56. The molecule has 0 saturated carbocycles. The van der Waals surface area contributed by atoms with Gasteiger partial charge in [0.05, 0.1) is 13.8 Å². The predicted octanol–water partition coefficient (Wildman–Crippen LogP) is 1.05. The van der Waals surface area contributed by atoms with Crippen LogP contribution in [0.3, 0.4) is 0 Å². The van der Waals surface area contributed by atoms with Crippen LogP contribution in [-0.2, 0) is 0 Å². The fourth-order valence-electron chi connectivity index (χ4n) is 0.942. The van der Waals surface area contributed by atoms with Crippen molar-refractivity contribution in [3.05, 3.63) is 24.3 Å². The number of rotatable bonds is 3. The van der Waals surface area contributed by atoms with Gasteiger partial charge in [0.25, 0.3) is 0 Å². The van der Waals surface area contributed by atoms with Gasteiger partial charge >= 0.3 is 0 Å². The van der Waals surface area contributed by atoms with Crippen LogP contribution >= 0.6 is 0 Å². The minimum Gasteiger partial charge on any atom is -0.497 e. The van der Waals surface area contributed by atoms with Gasteiger partial charge in [0.2, 0.25) is 0 Å². The molecule has 0 spiro atoms. The molecule has 66 valence electrons. The van der Waals surface area contributed by atoms with Crippen LogP contribution in [0.15, 0.2) is 24.3 Å². The van der Waals surface area contributed by atoms with Crippen molar-refractivity contribution >= 4 is 5.69 Å². The van der Waals surface area contributed by atoms with Gasteiger partial charge in [-0.25, -0.2) is 0 Å². The summed E-state index contributed by atoms with van der Waals surface area (Å²) in [6, 6.07) is 7.79. The Hall–Kier alpha value is -1.22. The van der Waals surface area contributed by atoms with Crippen molar-refractivity contribution in [2.75, 3.05) is 25.7 Å². The molecular formula is C9H14N2O. The molecule has 0 aliphatic carbocycles.